The average Bonchev–Trinajstić information content (AvgIpc) is 2.56. The molecule has 84 valence electrons. The predicted octanol–water partition coefficient (Wildman–Crippen LogP) is 2.72. The molecule has 1 aliphatic carbocycles. The Balaban J connectivity index is 2.29. The minimum absolute atomic E-state index is 0.284. The molecule has 1 heterocycles. The van der Waals surface area contributed by atoms with Gasteiger partial charge in [-0.2, -0.15) is 0 Å². The third-order valence-electron chi connectivity index (χ3n) is 3.59. The molecular weight excluding hydrogens is 210 g/mol. The minimum Gasteiger partial charge on any atom is -0.320 e. The van der Waals surface area contributed by atoms with Gasteiger partial charge in [-0.3, -0.25) is 0 Å². The molecule has 1 aromatic rings. The summed E-state index contributed by atoms with van der Waals surface area (Å²) >= 11 is 6.25. The number of halogens is 1. The molecule has 3 nitrogen and oxygen atoms in total. The van der Waals surface area contributed by atoms with Crippen LogP contribution in [0.1, 0.15) is 44.9 Å². The lowest BCUT2D eigenvalue weighted by Gasteiger charge is -2.39. The number of alkyl halides is 1. The van der Waals surface area contributed by atoms with Crippen LogP contribution in [0.2, 0.25) is 0 Å². The van der Waals surface area contributed by atoms with Crippen molar-refractivity contribution < 1.29 is 0 Å². The van der Waals surface area contributed by atoms with Gasteiger partial charge in [-0.15, -0.1) is 21.8 Å². The Morgan fingerprint density at radius 3 is 2.87 bits per heavy atom. The molecule has 2 atom stereocenters. The molecule has 2 rings (SSSR count). The second-order valence-corrected chi connectivity index (χ2v) is 5.83. The second kappa shape index (κ2) is 3.78. The summed E-state index contributed by atoms with van der Waals surface area (Å²) in [6.45, 7) is 4.60. The van der Waals surface area contributed by atoms with Crippen LogP contribution < -0.4 is 0 Å². The molecule has 0 aliphatic heterocycles. The molecule has 1 fully saturated rings. The number of nitrogens with zero attached hydrogens (tertiary/aromatic N) is 3. The van der Waals surface area contributed by atoms with Crippen molar-refractivity contribution in [1.29, 1.82) is 0 Å². The van der Waals surface area contributed by atoms with E-state index in [-0.39, 0.29) is 5.41 Å². The maximum absolute atomic E-state index is 6.25. The molecule has 1 aromatic heterocycles. The Morgan fingerprint density at radius 1 is 1.53 bits per heavy atom. The van der Waals surface area contributed by atoms with E-state index < -0.39 is 0 Å². The fraction of sp³-hybridized carbons (Fsp3) is 0.818. The number of hydrogen-bond donors (Lipinski definition) is 0. The topological polar surface area (TPSA) is 30.7 Å². The predicted molar refractivity (Wildman–Crippen MR) is 61.0 cm³/mol. The molecule has 0 bridgehead atoms. The van der Waals surface area contributed by atoms with Gasteiger partial charge in [-0.25, -0.2) is 0 Å². The molecule has 0 spiro atoms. The van der Waals surface area contributed by atoms with E-state index in [9.17, 15) is 0 Å². The van der Waals surface area contributed by atoms with Gasteiger partial charge in [0.2, 0.25) is 0 Å². The van der Waals surface area contributed by atoms with Crippen molar-refractivity contribution in [3.05, 3.63) is 12.2 Å². The fourth-order valence-electron chi connectivity index (χ4n) is 2.46. The summed E-state index contributed by atoms with van der Waals surface area (Å²) in [5.41, 5.74) is 0.284. The Hall–Kier alpha value is -0.570. The van der Waals surface area contributed by atoms with Crippen LogP contribution in [0.4, 0.5) is 0 Å². The highest BCUT2D eigenvalue weighted by Crippen LogP contribution is 2.47. The van der Waals surface area contributed by atoms with Crippen LogP contribution >= 0.6 is 11.6 Å². The van der Waals surface area contributed by atoms with Crippen molar-refractivity contribution in [1.82, 2.24) is 14.8 Å². The first-order valence-electron chi connectivity index (χ1n) is 5.48. The van der Waals surface area contributed by atoms with E-state index >= 15 is 0 Å². The number of rotatable bonds is 1. The van der Waals surface area contributed by atoms with Crippen molar-refractivity contribution in [3.8, 4) is 0 Å². The summed E-state index contributed by atoms with van der Waals surface area (Å²) < 4.78 is 2.02. The third-order valence-corrected chi connectivity index (χ3v) is 3.99. The third kappa shape index (κ3) is 2.03. The summed E-state index contributed by atoms with van der Waals surface area (Å²) in [6.07, 6.45) is 5.06. The number of hydrogen-bond acceptors (Lipinski definition) is 2. The SMILES string of the molecule is Cn1cnnc1C1CC(Cl)CCC1(C)C. The van der Waals surface area contributed by atoms with Gasteiger partial charge in [0.1, 0.15) is 12.2 Å². The van der Waals surface area contributed by atoms with Crippen molar-refractivity contribution in [2.24, 2.45) is 12.5 Å². The molecule has 1 saturated carbocycles. The van der Waals surface area contributed by atoms with E-state index in [2.05, 4.69) is 24.0 Å². The molecule has 2 unspecified atom stereocenters. The first-order chi connectivity index (χ1) is 7.00. The van der Waals surface area contributed by atoms with Gasteiger partial charge < -0.3 is 4.57 Å². The van der Waals surface area contributed by atoms with Crippen LogP contribution in [0, 0.1) is 5.41 Å². The van der Waals surface area contributed by atoms with Gasteiger partial charge >= 0.3 is 0 Å². The maximum Gasteiger partial charge on any atom is 0.136 e. The Labute approximate surface area is 95.8 Å². The highest BCUT2D eigenvalue weighted by Gasteiger charge is 2.38. The molecule has 0 saturated heterocycles. The smallest absolute Gasteiger partial charge is 0.136 e. The zero-order chi connectivity index (χ0) is 11.1. The lowest BCUT2D eigenvalue weighted by Crippen LogP contribution is -2.32. The molecule has 4 heteroatoms. The van der Waals surface area contributed by atoms with Crippen LogP contribution in [0.3, 0.4) is 0 Å². The maximum atomic E-state index is 6.25. The quantitative estimate of drug-likeness (QED) is 0.691. The summed E-state index contributed by atoms with van der Waals surface area (Å²) in [5.74, 6) is 1.51. The lowest BCUT2D eigenvalue weighted by molar-refractivity contribution is 0.192. The Kier molecular flexibility index (Phi) is 2.75. The standard InChI is InChI=1S/C11H18ClN3/c1-11(2)5-4-8(12)6-9(11)10-14-13-7-15(10)3/h7-9H,4-6H2,1-3H3. The summed E-state index contributed by atoms with van der Waals surface area (Å²) in [7, 11) is 2.00. The molecule has 1 aliphatic rings. The van der Waals surface area contributed by atoms with Gasteiger partial charge in [-0.05, 0) is 24.7 Å². The van der Waals surface area contributed by atoms with Crippen LogP contribution in [0.15, 0.2) is 6.33 Å². The lowest BCUT2D eigenvalue weighted by atomic mass is 9.68. The van der Waals surface area contributed by atoms with Gasteiger partial charge in [0.25, 0.3) is 0 Å². The monoisotopic (exact) mass is 227 g/mol. The van der Waals surface area contributed by atoms with Crippen molar-refractivity contribution >= 4 is 11.6 Å². The molecule has 15 heavy (non-hydrogen) atoms. The highest BCUT2D eigenvalue weighted by molar-refractivity contribution is 6.20. The minimum atomic E-state index is 0.284. The van der Waals surface area contributed by atoms with E-state index in [1.165, 1.54) is 6.42 Å². The zero-order valence-electron chi connectivity index (χ0n) is 9.57. The normalized spacial score (nSPS) is 30.4. The van der Waals surface area contributed by atoms with Crippen molar-refractivity contribution in [3.63, 3.8) is 0 Å². The summed E-state index contributed by atoms with van der Waals surface area (Å²) in [5, 5.41) is 8.47. The van der Waals surface area contributed by atoms with Gasteiger partial charge in [0, 0.05) is 18.3 Å². The second-order valence-electron chi connectivity index (χ2n) is 5.21. The van der Waals surface area contributed by atoms with Crippen LogP contribution in [0.5, 0.6) is 0 Å². The number of aryl methyl sites for hydroxylation is 1. The first-order valence-corrected chi connectivity index (χ1v) is 5.92. The fourth-order valence-corrected chi connectivity index (χ4v) is 2.75. The Morgan fingerprint density at radius 2 is 2.27 bits per heavy atom. The molecule has 0 aromatic carbocycles. The van der Waals surface area contributed by atoms with E-state index in [0.717, 1.165) is 18.7 Å². The van der Waals surface area contributed by atoms with Gasteiger partial charge in [0.05, 0.1) is 0 Å². The van der Waals surface area contributed by atoms with E-state index in [1.807, 2.05) is 11.6 Å². The highest BCUT2D eigenvalue weighted by atomic mass is 35.5. The largest absolute Gasteiger partial charge is 0.320 e. The molecular formula is C11H18ClN3. The van der Waals surface area contributed by atoms with Crippen LogP contribution in [-0.2, 0) is 7.05 Å². The van der Waals surface area contributed by atoms with Gasteiger partial charge in [-0.1, -0.05) is 13.8 Å². The Bertz CT molecular complexity index is 345. The van der Waals surface area contributed by atoms with Crippen molar-refractivity contribution in [2.45, 2.75) is 44.4 Å². The molecule has 0 N–H and O–H groups in total. The average molecular weight is 228 g/mol. The van der Waals surface area contributed by atoms with E-state index in [4.69, 9.17) is 11.6 Å². The van der Waals surface area contributed by atoms with Crippen molar-refractivity contribution in [2.75, 3.05) is 0 Å². The van der Waals surface area contributed by atoms with E-state index in [0.29, 0.717) is 11.3 Å². The van der Waals surface area contributed by atoms with Gasteiger partial charge in [0.15, 0.2) is 0 Å². The summed E-state index contributed by atoms with van der Waals surface area (Å²) in [4.78, 5) is 0. The first kappa shape index (κ1) is 10.9. The zero-order valence-corrected chi connectivity index (χ0v) is 10.3. The van der Waals surface area contributed by atoms with Crippen LogP contribution in [0.25, 0.3) is 0 Å². The van der Waals surface area contributed by atoms with E-state index in [1.54, 1.807) is 6.33 Å². The molecule has 0 radical (unpaired) electrons. The number of aromatic nitrogens is 3. The van der Waals surface area contributed by atoms with Crippen LogP contribution in [-0.4, -0.2) is 20.1 Å². The summed E-state index contributed by atoms with van der Waals surface area (Å²) in [6, 6.07) is 0. The molecule has 0 amide bonds.